The van der Waals surface area contributed by atoms with E-state index in [1.165, 1.54) is 19.4 Å². The Balaban J connectivity index is 2.17. The molecular weight excluding hydrogens is 335 g/mol. The summed E-state index contributed by atoms with van der Waals surface area (Å²) in [6.45, 7) is 0.206. The molecule has 0 aliphatic carbocycles. The van der Waals surface area contributed by atoms with Crippen molar-refractivity contribution in [2.75, 3.05) is 7.11 Å². The van der Waals surface area contributed by atoms with Crippen LogP contribution in [0.1, 0.15) is 15.9 Å². The average molecular weight is 346 g/mol. The van der Waals surface area contributed by atoms with Crippen LogP contribution in [0.2, 0.25) is 15.2 Å². The fourth-order valence-electron chi connectivity index (χ4n) is 1.75. The van der Waals surface area contributed by atoms with Crippen LogP contribution in [-0.4, -0.2) is 18.0 Å². The molecule has 21 heavy (non-hydrogen) atoms. The summed E-state index contributed by atoms with van der Waals surface area (Å²) in [5.74, 6) is 0.230. The summed E-state index contributed by atoms with van der Waals surface area (Å²) in [4.78, 5) is 15.9. The van der Waals surface area contributed by atoms with Crippen LogP contribution in [0.25, 0.3) is 0 Å². The largest absolute Gasteiger partial charge is 0.496 e. The minimum Gasteiger partial charge on any atom is -0.496 e. The van der Waals surface area contributed by atoms with Crippen LogP contribution in [0.4, 0.5) is 0 Å². The van der Waals surface area contributed by atoms with Crippen molar-refractivity contribution in [2.45, 2.75) is 6.54 Å². The van der Waals surface area contributed by atoms with E-state index in [1.807, 2.05) is 0 Å². The van der Waals surface area contributed by atoms with Gasteiger partial charge >= 0.3 is 0 Å². The monoisotopic (exact) mass is 344 g/mol. The maximum absolute atomic E-state index is 12.1. The van der Waals surface area contributed by atoms with Crippen molar-refractivity contribution in [1.29, 1.82) is 0 Å². The molecule has 0 atom stereocenters. The van der Waals surface area contributed by atoms with E-state index in [0.717, 1.165) is 0 Å². The third-order valence-corrected chi connectivity index (χ3v) is 3.65. The lowest BCUT2D eigenvalue weighted by Gasteiger charge is -2.12. The number of aromatic nitrogens is 1. The number of carbonyl (C=O) groups excluding carboxylic acids is 1. The Kier molecular flexibility index (Phi) is 5.28. The summed E-state index contributed by atoms with van der Waals surface area (Å²) < 4.78 is 5.21. The lowest BCUT2D eigenvalue weighted by molar-refractivity contribution is 0.0950. The molecule has 110 valence electrons. The lowest BCUT2D eigenvalue weighted by Crippen LogP contribution is -2.23. The number of amides is 1. The van der Waals surface area contributed by atoms with Gasteiger partial charge in [0.2, 0.25) is 0 Å². The smallest absolute Gasteiger partial charge is 0.253 e. The van der Waals surface area contributed by atoms with Gasteiger partial charge in [0.25, 0.3) is 5.91 Å². The standard InChI is InChI=1S/C14H11Cl3N2O2/c1-21-12-4-2-3-10(15)9(12)6-19-14(20)8-5-13(17)18-7-11(8)16/h2-5,7H,6H2,1H3,(H,19,20). The number of carbonyl (C=O) groups is 1. The van der Waals surface area contributed by atoms with Crippen molar-refractivity contribution >= 4 is 40.7 Å². The first-order valence-corrected chi connectivity index (χ1v) is 7.07. The Morgan fingerprint density at radius 1 is 1.29 bits per heavy atom. The van der Waals surface area contributed by atoms with Crippen LogP contribution in [0.3, 0.4) is 0 Å². The van der Waals surface area contributed by atoms with Crippen LogP contribution >= 0.6 is 34.8 Å². The number of hydrogen-bond donors (Lipinski definition) is 1. The lowest BCUT2D eigenvalue weighted by atomic mass is 10.2. The van der Waals surface area contributed by atoms with Gasteiger partial charge in [0.1, 0.15) is 10.9 Å². The van der Waals surface area contributed by atoms with E-state index in [2.05, 4.69) is 10.3 Å². The molecule has 2 aromatic rings. The summed E-state index contributed by atoms with van der Waals surface area (Å²) >= 11 is 17.8. The fraction of sp³-hybridized carbons (Fsp3) is 0.143. The molecule has 0 radical (unpaired) electrons. The highest BCUT2D eigenvalue weighted by Crippen LogP contribution is 2.26. The third-order valence-electron chi connectivity index (χ3n) is 2.79. The average Bonchev–Trinajstić information content (AvgIpc) is 2.47. The third kappa shape index (κ3) is 3.79. The molecule has 1 aromatic heterocycles. The minimum atomic E-state index is -0.369. The predicted octanol–water partition coefficient (Wildman–Crippen LogP) is 3.98. The van der Waals surface area contributed by atoms with Crippen molar-refractivity contribution in [3.8, 4) is 5.75 Å². The van der Waals surface area contributed by atoms with Crippen molar-refractivity contribution in [3.63, 3.8) is 0 Å². The van der Waals surface area contributed by atoms with E-state index >= 15 is 0 Å². The summed E-state index contributed by atoms with van der Waals surface area (Å²) in [6.07, 6.45) is 1.33. The van der Waals surface area contributed by atoms with Gasteiger partial charge in [0.05, 0.1) is 17.7 Å². The van der Waals surface area contributed by atoms with Crippen molar-refractivity contribution in [3.05, 3.63) is 56.8 Å². The van der Waals surface area contributed by atoms with E-state index in [1.54, 1.807) is 18.2 Å². The number of benzene rings is 1. The number of rotatable bonds is 4. The highest BCUT2D eigenvalue weighted by molar-refractivity contribution is 6.35. The highest BCUT2D eigenvalue weighted by Gasteiger charge is 2.14. The second-order valence-corrected chi connectivity index (χ2v) is 5.29. The first kappa shape index (κ1) is 15.9. The van der Waals surface area contributed by atoms with Crippen molar-refractivity contribution in [2.24, 2.45) is 0 Å². The maximum Gasteiger partial charge on any atom is 0.253 e. The zero-order valence-electron chi connectivity index (χ0n) is 11.0. The number of ether oxygens (including phenoxy) is 1. The molecule has 0 saturated carbocycles. The summed E-state index contributed by atoms with van der Waals surface area (Å²) in [7, 11) is 1.54. The molecule has 0 aliphatic heterocycles. The van der Waals surface area contributed by atoms with Crippen molar-refractivity contribution < 1.29 is 9.53 Å². The first-order chi connectivity index (χ1) is 10.0. The topological polar surface area (TPSA) is 51.2 Å². The zero-order chi connectivity index (χ0) is 15.4. The van der Waals surface area contributed by atoms with Gasteiger partial charge in [0, 0.05) is 23.3 Å². The quantitative estimate of drug-likeness (QED) is 0.853. The predicted molar refractivity (Wildman–Crippen MR) is 83.4 cm³/mol. The molecule has 1 N–H and O–H groups in total. The molecule has 0 bridgehead atoms. The molecule has 0 fully saturated rings. The second-order valence-electron chi connectivity index (χ2n) is 4.09. The Bertz CT molecular complexity index is 677. The molecular formula is C14H11Cl3N2O2. The molecule has 0 saturated heterocycles. The Morgan fingerprint density at radius 3 is 2.76 bits per heavy atom. The molecule has 0 spiro atoms. The SMILES string of the molecule is COc1cccc(Cl)c1CNC(=O)c1cc(Cl)ncc1Cl. The number of nitrogens with zero attached hydrogens (tertiary/aromatic N) is 1. The summed E-state index contributed by atoms with van der Waals surface area (Å²) in [6, 6.07) is 6.67. The van der Waals surface area contributed by atoms with E-state index in [9.17, 15) is 4.79 Å². The molecule has 4 nitrogen and oxygen atoms in total. The molecule has 2 rings (SSSR count). The highest BCUT2D eigenvalue weighted by atomic mass is 35.5. The number of hydrogen-bond acceptors (Lipinski definition) is 3. The van der Waals surface area contributed by atoms with Gasteiger partial charge in [0.15, 0.2) is 0 Å². The number of halogens is 3. The summed E-state index contributed by atoms with van der Waals surface area (Å²) in [5.41, 5.74) is 0.939. The van der Waals surface area contributed by atoms with E-state index in [-0.39, 0.29) is 28.2 Å². The van der Waals surface area contributed by atoms with Gasteiger partial charge in [-0.15, -0.1) is 0 Å². The van der Waals surface area contributed by atoms with E-state index in [0.29, 0.717) is 16.3 Å². The maximum atomic E-state index is 12.1. The van der Waals surface area contributed by atoms with Crippen LogP contribution in [0.15, 0.2) is 30.5 Å². The zero-order valence-corrected chi connectivity index (χ0v) is 13.3. The molecule has 1 heterocycles. The number of methoxy groups -OCH3 is 1. The van der Waals surface area contributed by atoms with E-state index in [4.69, 9.17) is 39.5 Å². The summed E-state index contributed by atoms with van der Waals surface area (Å²) in [5, 5.41) is 3.65. The number of pyridine rings is 1. The Hall–Kier alpha value is -1.49. The first-order valence-electron chi connectivity index (χ1n) is 5.93. The Morgan fingerprint density at radius 2 is 2.05 bits per heavy atom. The Labute approximate surface area is 137 Å². The molecule has 7 heteroatoms. The van der Waals surface area contributed by atoms with Gasteiger partial charge in [-0.25, -0.2) is 4.98 Å². The number of nitrogens with one attached hydrogen (secondary N) is 1. The van der Waals surface area contributed by atoms with Gasteiger partial charge in [-0.3, -0.25) is 4.79 Å². The molecule has 0 aliphatic rings. The van der Waals surface area contributed by atoms with E-state index < -0.39 is 0 Å². The fourth-order valence-corrected chi connectivity index (χ4v) is 2.33. The second kappa shape index (κ2) is 6.98. The van der Waals surface area contributed by atoms with Crippen molar-refractivity contribution in [1.82, 2.24) is 10.3 Å². The minimum absolute atomic E-state index is 0.194. The molecule has 1 amide bonds. The van der Waals surface area contributed by atoms with Crippen LogP contribution in [0.5, 0.6) is 5.75 Å². The van der Waals surface area contributed by atoms with Gasteiger partial charge in [-0.1, -0.05) is 40.9 Å². The van der Waals surface area contributed by atoms with Crippen LogP contribution in [0, 0.1) is 0 Å². The molecule has 1 aromatic carbocycles. The normalized spacial score (nSPS) is 10.3. The molecule has 0 unspecified atom stereocenters. The van der Waals surface area contributed by atoms with Crippen LogP contribution in [-0.2, 0) is 6.54 Å². The van der Waals surface area contributed by atoms with Gasteiger partial charge < -0.3 is 10.1 Å². The van der Waals surface area contributed by atoms with Gasteiger partial charge in [-0.05, 0) is 18.2 Å². The van der Waals surface area contributed by atoms with Gasteiger partial charge in [-0.2, -0.15) is 0 Å². The van der Waals surface area contributed by atoms with Crippen LogP contribution < -0.4 is 10.1 Å².